The minimum Gasteiger partial charge on any atom is -0.508 e. The fourth-order valence-electron chi connectivity index (χ4n) is 6.05. The minimum absolute atomic E-state index is 0.252. The summed E-state index contributed by atoms with van der Waals surface area (Å²) in [6.45, 7) is -0.843. The predicted octanol–water partition coefficient (Wildman–Crippen LogP) is -9.21. The first-order valence-corrected chi connectivity index (χ1v) is 26.2. The Kier molecular flexibility index (Phi) is 45.2. The molecule has 0 aliphatic rings. The van der Waals surface area contributed by atoms with Crippen LogP contribution >= 0.6 is 0 Å². The summed E-state index contributed by atoms with van der Waals surface area (Å²) in [4.78, 5) is 185. The quantitative estimate of drug-likeness (QED) is 0.0295. The lowest BCUT2D eigenvalue weighted by atomic mass is 9.96. The van der Waals surface area contributed by atoms with Crippen molar-refractivity contribution in [3.63, 3.8) is 0 Å². The average molecular weight is 1530 g/mol. The lowest BCUT2D eigenvalue weighted by Crippen LogP contribution is -2.49. The largest absolute Gasteiger partial charge is 0.508 e. The molecule has 0 aromatic heterocycles. The number of aromatic hydroxyl groups is 3. The van der Waals surface area contributed by atoms with Gasteiger partial charge < -0.3 is 174 Å². The molecule has 105 heavy (non-hydrogen) atoms. The van der Waals surface area contributed by atoms with Gasteiger partial charge in [-0.3, -0.25) is 19.2 Å². The van der Waals surface area contributed by atoms with E-state index in [1.807, 2.05) is 0 Å². The molecule has 0 aliphatic heterocycles. The van der Waals surface area contributed by atoms with Crippen LogP contribution in [0.5, 0.6) is 17.2 Å². The summed E-state index contributed by atoms with van der Waals surface area (Å²) in [5.41, 5.74) is -8.23. The molecule has 0 bridgehead atoms. The SMILES string of the molecule is O=C(O)C(O)C(O)C(=O)O.O=C(O)CC(O)(CC(=O)O)C(=O)O.O=C(O)CC(O)CC(=O)O.O=C(O)[C@@H](O)[C@H](O)[C@H](O)[C@@H](O)C(=O)O.O=C(O)[C@H](O)[C@@H](O)[C@H](O)[C@H](O)CO.O=C(O)c1cc(O)cc(C(=O)O)c1.O=C(O)c1cc(O)cc(C(=O)O)c1C(=O)O.O=C(O)c1ccc(O)c(C(=O)O)c1C(=O)O. The minimum atomic E-state index is -2.74. The number of hydrogen-bond acceptors (Lipinski definition) is 34. The van der Waals surface area contributed by atoms with Crippen LogP contribution in [-0.2, 0) is 47.9 Å². The molecule has 3 rings (SSSR count). The second-order valence-electron chi connectivity index (χ2n) is 19.0. The van der Waals surface area contributed by atoms with E-state index in [0.29, 0.717) is 12.1 Å². The number of aliphatic hydroxyl groups excluding tert-OH is 12. The maximum Gasteiger partial charge on any atom is 0.340 e. The van der Waals surface area contributed by atoms with E-state index >= 15 is 0 Å². The lowest BCUT2D eigenvalue weighted by molar-refractivity contribution is -0.172. The monoisotopic (exact) mass is 1530 g/mol. The van der Waals surface area contributed by atoms with E-state index in [1.165, 1.54) is 0 Å². The Morgan fingerprint density at radius 1 is 0.314 bits per heavy atom. The van der Waals surface area contributed by atoms with Crippen molar-refractivity contribution in [2.45, 2.75) is 98.4 Å². The van der Waals surface area contributed by atoms with Crippen LogP contribution in [0, 0.1) is 0 Å². The second kappa shape index (κ2) is 47.2. The zero-order chi connectivity index (χ0) is 84.1. The van der Waals surface area contributed by atoms with Gasteiger partial charge in [0.2, 0.25) is 0 Å². The first kappa shape index (κ1) is 101. The number of phenols is 3. The molecule has 0 heterocycles. The average Bonchev–Trinajstić information content (AvgIpc) is 0.806. The van der Waals surface area contributed by atoms with Crippen molar-refractivity contribution >= 4 is 107 Å². The molecule has 0 spiro atoms. The Morgan fingerprint density at radius 2 is 0.600 bits per heavy atom. The molecule has 0 amide bonds. The van der Waals surface area contributed by atoms with Crippen molar-refractivity contribution in [2.75, 3.05) is 6.61 Å². The van der Waals surface area contributed by atoms with Crippen molar-refractivity contribution in [1.29, 1.82) is 0 Å². The van der Waals surface area contributed by atoms with Gasteiger partial charge in [0.15, 0.2) is 36.1 Å². The maximum absolute atomic E-state index is 10.8. The molecule has 3 aromatic carbocycles. The molecule has 52 nitrogen and oxygen atoms in total. The number of aliphatic hydroxyl groups is 13. The van der Waals surface area contributed by atoms with Crippen LogP contribution in [0.2, 0.25) is 0 Å². The van der Waals surface area contributed by atoms with Crippen LogP contribution in [0.1, 0.15) is 109 Å². The van der Waals surface area contributed by atoms with Gasteiger partial charge in [-0.15, -0.1) is 0 Å². The van der Waals surface area contributed by atoms with Gasteiger partial charge in [-0.1, -0.05) is 0 Å². The highest BCUT2D eigenvalue weighted by Crippen LogP contribution is 2.26. The third kappa shape index (κ3) is 37.8. The topological polar surface area (TPSA) is 995 Å². The number of carboxylic acids is 18. The van der Waals surface area contributed by atoms with E-state index in [-0.39, 0.29) is 16.9 Å². The second-order valence-corrected chi connectivity index (χ2v) is 19.0. The Balaban J connectivity index is -0.000000365. The molecule has 34 N–H and O–H groups in total. The van der Waals surface area contributed by atoms with Crippen molar-refractivity contribution < 1.29 is 260 Å². The first-order chi connectivity index (χ1) is 47.7. The van der Waals surface area contributed by atoms with Gasteiger partial charge >= 0.3 is 107 Å². The van der Waals surface area contributed by atoms with Crippen LogP contribution < -0.4 is 0 Å². The van der Waals surface area contributed by atoms with E-state index in [4.69, 9.17) is 169 Å². The van der Waals surface area contributed by atoms with Crippen LogP contribution in [0.3, 0.4) is 0 Å². The number of aromatic carboxylic acids is 8. The molecule has 3 aromatic rings. The first-order valence-electron chi connectivity index (χ1n) is 26.2. The fourth-order valence-corrected chi connectivity index (χ4v) is 6.05. The molecule has 0 fully saturated rings. The molecule has 0 radical (unpaired) electrons. The zero-order valence-corrected chi connectivity index (χ0v) is 51.5. The molecule has 10 atom stereocenters. The Morgan fingerprint density at radius 3 is 0.829 bits per heavy atom. The van der Waals surface area contributed by atoms with Crippen LogP contribution in [-0.4, -0.2) is 360 Å². The van der Waals surface area contributed by atoms with Gasteiger partial charge in [-0.05, 0) is 42.5 Å². The normalized spacial score (nSPS) is 13.0. The van der Waals surface area contributed by atoms with E-state index in [9.17, 15) is 91.4 Å². The van der Waals surface area contributed by atoms with Crippen molar-refractivity contribution in [1.82, 2.24) is 0 Å². The summed E-state index contributed by atoms with van der Waals surface area (Å²) in [5, 5.41) is 291. The number of benzene rings is 3. The Labute approximate surface area is 575 Å². The van der Waals surface area contributed by atoms with Crippen LogP contribution in [0.15, 0.2) is 42.5 Å². The number of hydrogen-bond donors (Lipinski definition) is 34. The van der Waals surface area contributed by atoms with Crippen molar-refractivity contribution in [2.24, 2.45) is 0 Å². The van der Waals surface area contributed by atoms with Gasteiger partial charge in [0.25, 0.3) is 0 Å². The zero-order valence-electron chi connectivity index (χ0n) is 51.5. The molecule has 0 saturated carbocycles. The molecule has 2 unspecified atom stereocenters. The van der Waals surface area contributed by atoms with Gasteiger partial charge in [0, 0.05) is 0 Å². The van der Waals surface area contributed by atoms with Crippen LogP contribution in [0.4, 0.5) is 0 Å². The molecule has 0 saturated heterocycles. The third-order valence-electron chi connectivity index (χ3n) is 11.0. The summed E-state index contributed by atoms with van der Waals surface area (Å²) in [5.74, 6) is -30.7. The number of aliphatic carboxylic acids is 10. The summed E-state index contributed by atoms with van der Waals surface area (Å²) in [6, 6.07) is 5.94. The molecule has 0 aliphatic carbocycles. The molecular formula is C53H62O52. The molecular weight excluding hydrogens is 1470 g/mol. The highest BCUT2D eigenvalue weighted by atomic mass is 16.5. The van der Waals surface area contributed by atoms with Gasteiger partial charge in [0.1, 0.15) is 53.3 Å². The van der Waals surface area contributed by atoms with E-state index in [2.05, 4.69) is 0 Å². The Hall–Kier alpha value is -13.0. The van der Waals surface area contributed by atoms with E-state index in [0.717, 1.165) is 30.3 Å². The predicted molar refractivity (Wildman–Crippen MR) is 313 cm³/mol. The maximum atomic E-state index is 10.8. The number of rotatable bonds is 30. The highest BCUT2D eigenvalue weighted by molar-refractivity contribution is 6.11. The summed E-state index contributed by atoms with van der Waals surface area (Å²) in [7, 11) is 0. The molecule has 586 valence electrons. The summed E-state index contributed by atoms with van der Waals surface area (Å²) in [6.07, 6.45) is -26.3. The van der Waals surface area contributed by atoms with Crippen LogP contribution in [0.25, 0.3) is 0 Å². The van der Waals surface area contributed by atoms with E-state index in [1.54, 1.807) is 0 Å². The smallest absolute Gasteiger partial charge is 0.340 e. The third-order valence-corrected chi connectivity index (χ3v) is 11.0. The van der Waals surface area contributed by atoms with Crippen molar-refractivity contribution in [3.05, 3.63) is 87.0 Å². The number of carboxylic acid groups (broad SMARTS) is 18. The van der Waals surface area contributed by atoms with Gasteiger partial charge in [-0.2, -0.15) is 0 Å². The summed E-state index contributed by atoms with van der Waals surface area (Å²) >= 11 is 0. The molecule has 52 heteroatoms. The van der Waals surface area contributed by atoms with Gasteiger partial charge in [-0.25, -0.2) is 67.1 Å². The number of phenolic OH excluding ortho intramolecular Hbond substituents is 2. The highest BCUT2D eigenvalue weighted by Gasteiger charge is 2.41. The number of carbonyl (C=O) groups is 18. The van der Waals surface area contributed by atoms with Gasteiger partial charge in [0.05, 0.1) is 77.3 Å². The van der Waals surface area contributed by atoms with Crippen molar-refractivity contribution in [3.8, 4) is 17.2 Å². The lowest BCUT2D eigenvalue weighted by Gasteiger charge is -2.23. The van der Waals surface area contributed by atoms with E-state index < -0.39 is 257 Å². The standard InChI is InChI=1S/2C9H6O7.C8H6O5.C6H10O8.C6H8O7.C6H12O7.C5H8O5.C4H6O6/c10-3-1-4(7(11)12)6(9(15)16)5(2-3)8(13)14;10-4-2-1-3(7(11)12)5(8(13)14)6(4)9(15)16;9-6-2-4(7(10)11)1-5(3-6)8(12)13;7-1(3(9)5(11)12)2(8)4(10)6(13)14;7-3(8)1-6(13,5(11)12)2-4(9)10;7-1-2(8)3(9)4(10)5(11)6(12)13;6-3(1-4(7)8)2-5(9)10;5-1(3(7)8)2(6)4(9)10/h2*1-2,10H,(H,11,12)(H,13,14)(H,15,16);1-3,9H,(H,10,11)(H,12,13);1-4,7-10H,(H,11,12)(H,13,14);13H,1-2H2,(H,7,8)(H,9,10)(H,11,12);2-5,7-11H,1H2,(H,12,13);3,6H,1-2H2,(H,7,8)(H,9,10);1-2,5-6H,(H,7,8)(H,9,10)/t;;;1-,2+,3+,4-;;2-,3-,4+,5-;;/m.....1../s1. The Bertz CT molecular complexity index is 3480. The fraction of sp³-hybridized carbons (Fsp3) is 0.321. The summed E-state index contributed by atoms with van der Waals surface area (Å²) < 4.78 is 0.